The monoisotopic (exact) mass is 592 g/mol. The molecule has 0 radical (unpaired) electrons. The summed E-state index contributed by atoms with van der Waals surface area (Å²) in [6, 6.07) is 11.2. The minimum Gasteiger partial charge on any atom is -0.338 e. The second-order valence-electron chi connectivity index (χ2n) is 8.92. The Hall–Kier alpha value is -3.29. The van der Waals surface area contributed by atoms with Crippen LogP contribution in [-0.2, 0) is 14.9 Å². The van der Waals surface area contributed by atoms with E-state index in [0.29, 0.717) is 41.7 Å². The molecule has 0 spiro atoms. The van der Waals surface area contributed by atoms with E-state index in [1.165, 1.54) is 30.0 Å². The number of likely N-dealkylation sites (tertiary alicyclic amines) is 1. The fraction of sp³-hybridized carbons (Fsp3) is 0.240. The molecule has 39 heavy (non-hydrogen) atoms. The summed E-state index contributed by atoms with van der Waals surface area (Å²) in [5, 5.41) is 8.02. The Balaban J connectivity index is 1.51. The highest BCUT2D eigenvalue weighted by atomic mass is 35.5. The van der Waals surface area contributed by atoms with Crippen molar-refractivity contribution in [3.05, 3.63) is 81.8 Å². The van der Waals surface area contributed by atoms with Crippen LogP contribution in [0.1, 0.15) is 34.7 Å². The van der Waals surface area contributed by atoms with E-state index in [1.54, 1.807) is 35.2 Å². The third-order valence-electron chi connectivity index (χ3n) is 6.51. The van der Waals surface area contributed by atoms with E-state index in [4.69, 9.17) is 23.2 Å². The van der Waals surface area contributed by atoms with Crippen molar-refractivity contribution < 1.29 is 22.4 Å². The van der Waals surface area contributed by atoms with Crippen LogP contribution in [0.25, 0.3) is 5.65 Å². The molecule has 14 heteroatoms. The van der Waals surface area contributed by atoms with Crippen molar-refractivity contribution >= 4 is 56.3 Å². The Bertz CT molecular complexity index is 1640. The summed E-state index contributed by atoms with van der Waals surface area (Å²) in [6.07, 6.45) is 3.81. The van der Waals surface area contributed by atoms with E-state index in [2.05, 4.69) is 20.2 Å². The number of hydrogen-bond acceptors (Lipinski definition) is 7. The van der Waals surface area contributed by atoms with Crippen LogP contribution in [-0.4, -0.2) is 54.0 Å². The normalized spacial score (nSPS) is 14.6. The number of nitrogens with zero attached hydrogens (tertiary/aromatic N) is 4. The molecule has 1 saturated heterocycles. The number of sulfonamides is 1. The van der Waals surface area contributed by atoms with Gasteiger partial charge in [-0.25, -0.2) is 17.8 Å². The van der Waals surface area contributed by atoms with Crippen molar-refractivity contribution in [1.29, 1.82) is 0 Å². The highest BCUT2D eigenvalue weighted by Crippen LogP contribution is 2.33. The number of halogens is 3. The number of amides is 1. The summed E-state index contributed by atoms with van der Waals surface area (Å²) >= 11 is 12.5. The zero-order chi connectivity index (χ0) is 27.7. The molecule has 0 unspecified atom stereocenters. The lowest BCUT2D eigenvalue weighted by atomic mass is 9.89. The van der Waals surface area contributed by atoms with Crippen molar-refractivity contribution in [2.45, 2.75) is 23.7 Å². The van der Waals surface area contributed by atoms with Crippen molar-refractivity contribution in [3.8, 4) is 0 Å². The highest BCUT2D eigenvalue weighted by Gasteiger charge is 2.29. The number of benzene rings is 2. The smallest absolute Gasteiger partial charge is 0.267 e. The molecule has 3 heterocycles. The quantitative estimate of drug-likeness (QED) is 0.296. The van der Waals surface area contributed by atoms with Crippen LogP contribution in [0.2, 0.25) is 10.0 Å². The van der Waals surface area contributed by atoms with Gasteiger partial charge in [0.05, 0.1) is 24.0 Å². The molecule has 1 aliphatic rings. The molecule has 204 valence electrons. The molecule has 0 saturated carbocycles. The molecular weight excluding hydrogens is 570 g/mol. The number of rotatable bonds is 7. The third kappa shape index (κ3) is 5.56. The number of nitrogens with one attached hydrogen (secondary N) is 2. The Kier molecular flexibility index (Phi) is 7.74. The number of anilines is 2. The first kappa shape index (κ1) is 27.3. The van der Waals surface area contributed by atoms with Crippen molar-refractivity contribution in [3.63, 3.8) is 0 Å². The van der Waals surface area contributed by atoms with Gasteiger partial charge in [0.25, 0.3) is 15.9 Å². The van der Waals surface area contributed by atoms with Gasteiger partial charge in [0, 0.05) is 24.3 Å². The lowest BCUT2D eigenvalue weighted by Gasteiger charge is -2.32. The second-order valence-corrected chi connectivity index (χ2v) is 11.4. The van der Waals surface area contributed by atoms with Gasteiger partial charge >= 0.3 is 0 Å². The molecule has 0 bridgehead atoms. The molecule has 1 aliphatic heterocycles. The van der Waals surface area contributed by atoms with Crippen LogP contribution in [0.5, 0.6) is 0 Å². The van der Waals surface area contributed by atoms with Crippen LogP contribution in [0.3, 0.4) is 0 Å². The molecule has 5 rings (SSSR count). The van der Waals surface area contributed by atoms with Gasteiger partial charge in [0.2, 0.25) is 0 Å². The average Bonchev–Trinajstić information content (AvgIpc) is 3.37. The van der Waals surface area contributed by atoms with E-state index in [1.807, 2.05) is 4.89 Å². The molecule has 10 nitrogen and oxygen atoms in total. The number of piperidine rings is 1. The van der Waals surface area contributed by atoms with Crippen LogP contribution < -0.4 is 10.2 Å². The fourth-order valence-corrected chi connectivity index (χ4v) is 5.78. The highest BCUT2D eigenvalue weighted by molar-refractivity contribution is 7.89. The molecule has 2 N–H and O–H groups in total. The topological polar surface area (TPSA) is 118 Å². The average molecular weight is 593 g/mol. The van der Waals surface area contributed by atoms with Gasteiger partial charge in [-0.05, 0) is 54.7 Å². The second kappa shape index (κ2) is 11.1. The first-order valence-electron chi connectivity index (χ1n) is 11.9. The molecule has 0 aliphatic carbocycles. The molecule has 2 aromatic carbocycles. The SMILES string of the molecule is CONS(=O)(=O)c1cnn2c(Nc3cc(Cl)ccc3Cl)c(C(=O)N3CCC(c4ccc(F)cc4)CC3)cnc12. The fourth-order valence-electron chi connectivity index (χ4n) is 4.57. The van der Waals surface area contributed by atoms with Crippen molar-refractivity contribution in [2.24, 2.45) is 0 Å². The zero-order valence-corrected chi connectivity index (χ0v) is 22.9. The lowest BCUT2D eigenvalue weighted by Crippen LogP contribution is -2.38. The summed E-state index contributed by atoms with van der Waals surface area (Å²) in [5.41, 5.74) is 1.53. The number of carbonyl (C=O) groups excluding carboxylic acids is 1. The van der Waals surface area contributed by atoms with Crippen LogP contribution >= 0.6 is 23.2 Å². The maximum atomic E-state index is 13.7. The maximum absolute atomic E-state index is 13.7. The van der Waals surface area contributed by atoms with Crippen molar-refractivity contribution in [1.82, 2.24) is 24.4 Å². The Morgan fingerprint density at radius 2 is 1.82 bits per heavy atom. The van der Waals surface area contributed by atoms with Gasteiger partial charge in [0.1, 0.15) is 22.1 Å². The maximum Gasteiger partial charge on any atom is 0.267 e. The number of aromatic nitrogens is 3. The molecule has 0 atom stereocenters. The lowest BCUT2D eigenvalue weighted by molar-refractivity contribution is 0.0713. The zero-order valence-electron chi connectivity index (χ0n) is 20.6. The van der Waals surface area contributed by atoms with E-state index >= 15 is 0 Å². The van der Waals surface area contributed by atoms with Crippen LogP contribution in [0.4, 0.5) is 15.9 Å². The number of fused-ring (bicyclic) bond motifs is 1. The largest absolute Gasteiger partial charge is 0.338 e. The predicted octanol–water partition coefficient (Wildman–Crippen LogP) is 4.78. The van der Waals surface area contributed by atoms with E-state index in [-0.39, 0.29) is 39.6 Å². The molecule has 1 amide bonds. The molecule has 2 aromatic heterocycles. The molecule has 1 fully saturated rings. The Labute approximate surface area is 233 Å². The predicted molar refractivity (Wildman–Crippen MR) is 144 cm³/mol. The van der Waals surface area contributed by atoms with Gasteiger partial charge in [0.15, 0.2) is 5.65 Å². The van der Waals surface area contributed by atoms with E-state index in [9.17, 15) is 17.6 Å². The van der Waals surface area contributed by atoms with E-state index < -0.39 is 10.0 Å². The number of hydrogen-bond donors (Lipinski definition) is 2. The van der Waals surface area contributed by atoms with E-state index in [0.717, 1.165) is 11.8 Å². The first-order chi connectivity index (χ1) is 18.7. The standard InChI is InChI=1S/C25H23Cl2FN6O4S/c1-38-32-39(36,37)22-14-30-34-23(31-21-12-17(26)4-7-20(21)27)19(13-29-24(22)34)25(35)33-10-8-16(9-11-33)15-2-5-18(28)6-3-15/h2-7,12-14,16,31-32H,8-11H2,1H3. The van der Waals surface area contributed by atoms with Crippen LogP contribution in [0.15, 0.2) is 59.8 Å². The summed E-state index contributed by atoms with van der Waals surface area (Å²) in [4.78, 5) is 26.0. The summed E-state index contributed by atoms with van der Waals surface area (Å²) < 4.78 is 39.8. The summed E-state index contributed by atoms with van der Waals surface area (Å²) in [7, 11) is -2.93. The Morgan fingerprint density at radius 1 is 1.10 bits per heavy atom. The minimum atomic E-state index is -4.10. The summed E-state index contributed by atoms with van der Waals surface area (Å²) in [6.45, 7) is 0.930. The van der Waals surface area contributed by atoms with Crippen LogP contribution in [0, 0.1) is 5.82 Å². The van der Waals surface area contributed by atoms with Gasteiger partial charge in [-0.2, -0.15) is 9.61 Å². The van der Waals surface area contributed by atoms with Gasteiger partial charge in [-0.3, -0.25) is 9.63 Å². The van der Waals surface area contributed by atoms with Gasteiger partial charge in [-0.15, -0.1) is 0 Å². The molecular formula is C25H23Cl2FN6O4S. The first-order valence-corrected chi connectivity index (χ1v) is 14.1. The van der Waals surface area contributed by atoms with Crippen molar-refractivity contribution in [2.75, 3.05) is 25.5 Å². The summed E-state index contributed by atoms with van der Waals surface area (Å²) in [5.74, 6) is -0.252. The Morgan fingerprint density at radius 3 is 2.51 bits per heavy atom. The number of carbonyl (C=O) groups is 1. The minimum absolute atomic E-state index is 0.0354. The van der Waals surface area contributed by atoms with Gasteiger partial charge < -0.3 is 10.2 Å². The molecule has 4 aromatic rings. The van der Waals surface area contributed by atoms with Gasteiger partial charge in [-0.1, -0.05) is 40.2 Å². The third-order valence-corrected chi connectivity index (χ3v) is 8.33.